The van der Waals surface area contributed by atoms with Gasteiger partial charge in [0.1, 0.15) is 6.61 Å². The van der Waals surface area contributed by atoms with E-state index in [4.69, 9.17) is 32.7 Å². The summed E-state index contributed by atoms with van der Waals surface area (Å²) in [5, 5.41) is 4.57. The molecule has 0 bridgehead atoms. The summed E-state index contributed by atoms with van der Waals surface area (Å²) in [7, 11) is 1.66. The molecule has 0 spiro atoms. The second-order valence-electron chi connectivity index (χ2n) is 6.61. The molecule has 0 amide bonds. The first-order valence-electron chi connectivity index (χ1n) is 9.58. The number of hydrogen-bond acceptors (Lipinski definition) is 3. The van der Waals surface area contributed by atoms with Crippen molar-refractivity contribution in [2.24, 2.45) is 0 Å². The van der Waals surface area contributed by atoms with Gasteiger partial charge >= 0.3 is 0 Å². The molecule has 3 nitrogen and oxygen atoms in total. The van der Waals surface area contributed by atoms with E-state index in [1.54, 1.807) is 13.2 Å². The molecule has 0 radical (unpaired) electrons. The molecule has 0 fully saturated rings. The molecule has 2 aromatic carbocycles. The van der Waals surface area contributed by atoms with E-state index >= 15 is 0 Å². The first-order valence-corrected chi connectivity index (χ1v) is 10.3. The Balaban J connectivity index is 1.83. The van der Waals surface area contributed by atoms with E-state index in [9.17, 15) is 0 Å². The summed E-state index contributed by atoms with van der Waals surface area (Å²) in [5.74, 6) is 1.45. The summed E-state index contributed by atoms with van der Waals surface area (Å²) >= 11 is 12.0. The van der Waals surface area contributed by atoms with Crippen LogP contribution in [0.15, 0.2) is 36.4 Å². The maximum Gasteiger partial charge on any atom is 0.161 e. The minimum Gasteiger partial charge on any atom is -0.493 e. The standard InChI is InChI=1S/C22H29Cl2NO2/c1-3-4-5-6-7-12-25-15-17-9-11-21(22(14-17)26-2)27-16-18-8-10-19(23)20(24)13-18/h8-11,13-14,25H,3-7,12,15-16H2,1-2H3. The van der Waals surface area contributed by atoms with Gasteiger partial charge in [0.2, 0.25) is 0 Å². The zero-order chi connectivity index (χ0) is 19.5. The van der Waals surface area contributed by atoms with Crippen molar-refractivity contribution in [3.63, 3.8) is 0 Å². The Morgan fingerprint density at radius 2 is 1.63 bits per heavy atom. The van der Waals surface area contributed by atoms with E-state index in [0.29, 0.717) is 22.4 Å². The van der Waals surface area contributed by atoms with Gasteiger partial charge in [-0.1, -0.05) is 67.9 Å². The molecule has 148 valence electrons. The summed E-state index contributed by atoms with van der Waals surface area (Å²) in [6.45, 7) is 4.52. The molecule has 0 saturated heterocycles. The number of benzene rings is 2. The molecular weight excluding hydrogens is 381 g/mol. The molecule has 5 heteroatoms. The van der Waals surface area contributed by atoms with Crippen LogP contribution in [0, 0.1) is 0 Å². The minimum absolute atomic E-state index is 0.405. The lowest BCUT2D eigenvalue weighted by atomic mass is 10.1. The van der Waals surface area contributed by atoms with Gasteiger partial charge in [-0.2, -0.15) is 0 Å². The monoisotopic (exact) mass is 409 g/mol. The van der Waals surface area contributed by atoms with Crippen molar-refractivity contribution >= 4 is 23.2 Å². The predicted octanol–water partition coefficient (Wildman–Crippen LogP) is 6.64. The van der Waals surface area contributed by atoms with Gasteiger partial charge in [0.15, 0.2) is 11.5 Å². The van der Waals surface area contributed by atoms with Crippen LogP contribution in [0.4, 0.5) is 0 Å². The minimum atomic E-state index is 0.405. The summed E-state index contributed by atoms with van der Waals surface area (Å²) in [6, 6.07) is 11.5. The Morgan fingerprint density at radius 1 is 0.852 bits per heavy atom. The van der Waals surface area contributed by atoms with Gasteiger partial charge in [0.05, 0.1) is 17.2 Å². The lowest BCUT2D eigenvalue weighted by Gasteiger charge is -2.13. The third-order valence-corrected chi connectivity index (χ3v) is 5.13. The summed E-state index contributed by atoms with van der Waals surface area (Å²) in [5.41, 5.74) is 2.14. The van der Waals surface area contributed by atoms with Crippen molar-refractivity contribution in [1.29, 1.82) is 0 Å². The zero-order valence-electron chi connectivity index (χ0n) is 16.2. The fourth-order valence-corrected chi connectivity index (χ4v) is 3.14. The number of hydrogen-bond donors (Lipinski definition) is 1. The first kappa shape index (κ1) is 21.9. The molecule has 0 atom stereocenters. The Labute approximate surface area is 173 Å². The van der Waals surface area contributed by atoms with Crippen LogP contribution in [0.1, 0.15) is 50.2 Å². The molecule has 0 unspecified atom stereocenters. The number of unbranched alkanes of at least 4 members (excludes halogenated alkanes) is 4. The summed E-state index contributed by atoms with van der Waals surface area (Å²) in [6.07, 6.45) is 6.47. The molecule has 27 heavy (non-hydrogen) atoms. The fourth-order valence-electron chi connectivity index (χ4n) is 2.82. The Bertz CT molecular complexity index is 707. The average Bonchev–Trinajstić information content (AvgIpc) is 2.68. The van der Waals surface area contributed by atoms with Gasteiger partial charge < -0.3 is 14.8 Å². The highest BCUT2D eigenvalue weighted by molar-refractivity contribution is 6.42. The van der Waals surface area contributed by atoms with E-state index in [-0.39, 0.29) is 0 Å². The average molecular weight is 410 g/mol. The highest BCUT2D eigenvalue weighted by atomic mass is 35.5. The highest BCUT2D eigenvalue weighted by Crippen LogP contribution is 2.29. The summed E-state index contributed by atoms with van der Waals surface area (Å²) in [4.78, 5) is 0. The topological polar surface area (TPSA) is 30.5 Å². The third-order valence-electron chi connectivity index (χ3n) is 4.39. The van der Waals surface area contributed by atoms with Gasteiger partial charge in [0, 0.05) is 6.54 Å². The number of nitrogens with one attached hydrogen (secondary N) is 1. The van der Waals surface area contributed by atoms with Crippen molar-refractivity contribution in [1.82, 2.24) is 5.32 Å². The molecule has 0 aliphatic rings. The molecule has 2 rings (SSSR count). The number of rotatable bonds is 12. The first-order chi connectivity index (χ1) is 13.1. The van der Waals surface area contributed by atoms with E-state index in [0.717, 1.165) is 24.4 Å². The Hall–Kier alpha value is -1.42. The van der Waals surface area contributed by atoms with Crippen LogP contribution in [-0.2, 0) is 13.2 Å². The van der Waals surface area contributed by atoms with E-state index < -0.39 is 0 Å². The lowest BCUT2D eigenvalue weighted by Crippen LogP contribution is -2.14. The normalized spacial score (nSPS) is 10.8. The van der Waals surface area contributed by atoms with E-state index in [2.05, 4.69) is 18.3 Å². The molecule has 2 aromatic rings. The number of halogens is 2. The molecular formula is C22H29Cl2NO2. The largest absolute Gasteiger partial charge is 0.493 e. The molecule has 0 saturated carbocycles. The van der Waals surface area contributed by atoms with Crippen molar-refractivity contribution in [3.05, 3.63) is 57.6 Å². The van der Waals surface area contributed by atoms with Crippen molar-refractivity contribution < 1.29 is 9.47 Å². The zero-order valence-corrected chi connectivity index (χ0v) is 17.7. The Morgan fingerprint density at radius 3 is 2.37 bits per heavy atom. The smallest absolute Gasteiger partial charge is 0.161 e. The fraction of sp³-hybridized carbons (Fsp3) is 0.455. The second-order valence-corrected chi connectivity index (χ2v) is 7.43. The molecule has 0 aliphatic carbocycles. The third kappa shape index (κ3) is 7.61. The van der Waals surface area contributed by atoms with Crippen LogP contribution in [0.25, 0.3) is 0 Å². The van der Waals surface area contributed by atoms with Crippen LogP contribution in [0.3, 0.4) is 0 Å². The van der Waals surface area contributed by atoms with Crippen molar-refractivity contribution in [3.8, 4) is 11.5 Å². The van der Waals surface area contributed by atoms with Crippen LogP contribution in [0.5, 0.6) is 11.5 Å². The molecule has 0 aliphatic heterocycles. The van der Waals surface area contributed by atoms with E-state index in [1.165, 1.54) is 37.7 Å². The second kappa shape index (κ2) is 12.1. The molecule has 1 N–H and O–H groups in total. The summed E-state index contributed by atoms with van der Waals surface area (Å²) < 4.78 is 11.4. The van der Waals surface area contributed by atoms with Crippen LogP contribution < -0.4 is 14.8 Å². The van der Waals surface area contributed by atoms with Gasteiger partial charge in [-0.15, -0.1) is 0 Å². The number of methoxy groups -OCH3 is 1. The van der Waals surface area contributed by atoms with Crippen molar-refractivity contribution in [2.75, 3.05) is 13.7 Å². The lowest BCUT2D eigenvalue weighted by molar-refractivity contribution is 0.284. The van der Waals surface area contributed by atoms with Crippen molar-refractivity contribution in [2.45, 2.75) is 52.2 Å². The van der Waals surface area contributed by atoms with Gasteiger partial charge in [0.25, 0.3) is 0 Å². The SMILES string of the molecule is CCCCCCCNCc1ccc(OCc2ccc(Cl)c(Cl)c2)c(OC)c1. The maximum absolute atomic E-state index is 6.05. The van der Waals surface area contributed by atoms with Gasteiger partial charge in [-0.25, -0.2) is 0 Å². The van der Waals surface area contributed by atoms with Crippen LogP contribution >= 0.6 is 23.2 Å². The molecule has 0 heterocycles. The quantitative estimate of drug-likeness (QED) is 0.398. The van der Waals surface area contributed by atoms with Crippen LogP contribution in [0.2, 0.25) is 10.0 Å². The van der Waals surface area contributed by atoms with Crippen LogP contribution in [-0.4, -0.2) is 13.7 Å². The molecule has 0 aromatic heterocycles. The Kier molecular flexibility index (Phi) is 9.82. The van der Waals surface area contributed by atoms with E-state index in [1.807, 2.05) is 24.3 Å². The highest BCUT2D eigenvalue weighted by Gasteiger charge is 2.07. The number of ether oxygens (including phenoxy) is 2. The maximum atomic E-state index is 6.05. The van der Waals surface area contributed by atoms with Gasteiger partial charge in [-0.05, 0) is 48.4 Å². The van der Waals surface area contributed by atoms with Gasteiger partial charge in [-0.3, -0.25) is 0 Å². The predicted molar refractivity (Wildman–Crippen MR) is 114 cm³/mol.